The standard InChI is InChI=1S/C19H21N3O3/c1-12(2)18-20-19(25-21-18)24-11-17(23)16-10-13(3)22(14(16)4)15-8-6-5-7-9-15/h5-10,12H,11H2,1-4H3. The van der Waals surface area contributed by atoms with Crippen LogP contribution in [0.4, 0.5) is 0 Å². The van der Waals surface area contributed by atoms with Crippen LogP contribution in [0.1, 0.15) is 47.3 Å². The van der Waals surface area contributed by atoms with Crippen molar-refractivity contribution in [3.8, 4) is 11.8 Å². The fourth-order valence-corrected chi connectivity index (χ4v) is 2.74. The van der Waals surface area contributed by atoms with Crippen molar-refractivity contribution in [2.24, 2.45) is 0 Å². The van der Waals surface area contributed by atoms with Crippen LogP contribution in [-0.2, 0) is 0 Å². The van der Waals surface area contributed by atoms with Crippen molar-refractivity contribution >= 4 is 5.78 Å². The Balaban J connectivity index is 1.76. The Bertz CT molecular complexity index is 879. The molecule has 0 aliphatic rings. The molecule has 0 spiro atoms. The summed E-state index contributed by atoms with van der Waals surface area (Å²) in [4.78, 5) is 16.7. The number of hydrogen-bond donors (Lipinski definition) is 0. The van der Waals surface area contributed by atoms with E-state index in [-0.39, 0.29) is 24.4 Å². The van der Waals surface area contributed by atoms with Crippen molar-refractivity contribution in [2.75, 3.05) is 6.61 Å². The summed E-state index contributed by atoms with van der Waals surface area (Å²) in [5.74, 6) is 0.575. The lowest BCUT2D eigenvalue weighted by molar-refractivity contribution is 0.0884. The zero-order chi connectivity index (χ0) is 18.0. The molecule has 130 valence electrons. The van der Waals surface area contributed by atoms with Crippen molar-refractivity contribution in [1.82, 2.24) is 14.7 Å². The van der Waals surface area contributed by atoms with Crippen molar-refractivity contribution in [3.63, 3.8) is 0 Å². The van der Waals surface area contributed by atoms with E-state index >= 15 is 0 Å². The van der Waals surface area contributed by atoms with Gasteiger partial charge >= 0.3 is 6.08 Å². The molecule has 2 heterocycles. The van der Waals surface area contributed by atoms with E-state index < -0.39 is 0 Å². The minimum Gasteiger partial charge on any atom is -0.440 e. The summed E-state index contributed by atoms with van der Waals surface area (Å²) >= 11 is 0. The van der Waals surface area contributed by atoms with Gasteiger partial charge in [0.2, 0.25) is 5.78 Å². The lowest BCUT2D eigenvalue weighted by atomic mass is 10.1. The number of aryl methyl sites for hydroxylation is 1. The van der Waals surface area contributed by atoms with Crippen LogP contribution in [0.3, 0.4) is 0 Å². The van der Waals surface area contributed by atoms with Gasteiger partial charge in [-0.3, -0.25) is 9.32 Å². The molecule has 0 aliphatic carbocycles. The SMILES string of the molecule is Cc1cc(C(=O)COc2nc(C(C)C)no2)c(C)n1-c1ccccc1. The Kier molecular flexibility index (Phi) is 4.70. The molecule has 0 amide bonds. The van der Waals surface area contributed by atoms with Crippen molar-refractivity contribution in [3.05, 3.63) is 59.2 Å². The summed E-state index contributed by atoms with van der Waals surface area (Å²) < 4.78 is 12.4. The van der Waals surface area contributed by atoms with E-state index in [2.05, 4.69) is 14.7 Å². The molecule has 0 bridgehead atoms. The number of Topliss-reactive ketones (excluding diaryl/α,β-unsaturated/α-hetero) is 1. The average Bonchev–Trinajstić information content (AvgIpc) is 3.18. The Morgan fingerprint density at radius 1 is 1.24 bits per heavy atom. The molecule has 6 nitrogen and oxygen atoms in total. The van der Waals surface area contributed by atoms with E-state index in [1.165, 1.54) is 0 Å². The number of benzene rings is 1. The van der Waals surface area contributed by atoms with Gasteiger partial charge in [-0.1, -0.05) is 37.2 Å². The second-order valence-corrected chi connectivity index (χ2v) is 6.24. The molecule has 0 saturated heterocycles. The molecular formula is C19H21N3O3. The molecule has 2 aromatic heterocycles. The van der Waals surface area contributed by atoms with Crippen LogP contribution < -0.4 is 4.74 Å². The molecule has 25 heavy (non-hydrogen) atoms. The molecule has 3 rings (SSSR count). The second kappa shape index (κ2) is 6.93. The molecule has 0 fully saturated rings. The maximum Gasteiger partial charge on any atom is 0.417 e. The zero-order valence-corrected chi connectivity index (χ0v) is 14.8. The first-order valence-corrected chi connectivity index (χ1v) is 8.21. The second-order valence-electron chi connectivity index (χ2n) is 6.24. The number of ether oxygens (including phenoxy) is 1. The number of carbonyl (C=O) groups excluding carboxylic acids is 1. The number of hydrogen-bond acceptors (Lipinski definition) is 5. The highest BCUT2D eigenvalue weighted by Gasteiger charge is 2.18. The molecule has 1 aromatic carbocycles. The quantitative estimate of drug-likeness (QED) is 0.638. The largest absolute Gasteiger partial charge is 0.440 e. The van der Waals surface area contributed by atoms with Crippen LogP contribution in [0, 0.1) is 13.8 Å². The first-order chi connectivity index (χ1) is 12.0. The number of rotatable bonds is 6. The third kappa shape index (κ3) is 3.47. The molecule has 3 aromatic rings. The van der Waals surface area contributed by atoms with Gasteiger partial charge in [-0.25, -0.2) is 0 Å². The van der Waals surface area contributed by atoms with E-state index in [0.717, 1.165) is 17.1 Å². The Hall–Kier alpha value is -2.89. The Morgan fingerprint density at radius 2 is 1.96 bits per heavy atom. The van der Waals surface area contributed by atoms with Gasteiger partial charge in [-0.15, -0.1) is 0 Å². The van der Waals surface area contributed by atoms with Crippen LogP contribution in [0.2, 0.25) is 0 Å². The summed E-state index contributed by atoms with van der Waals surface area (Å²) in [5, 5.41) is 3.82. The summed E-state index contributed by atoms with van der Waals surface area (Å²) in [7, 11) is 0. The third-order valence-electron chi connectivity index (χ3n) is 4.01. The van der Waals surface area contributed by atoms with E-state index in [0.29, 0.717) is 11.4 Å². The molecule has 0 N–H and O–H groups in total. The molecule has 0 atom stereocenters. The normalized spacial score (nSPS) is 11.1. The maximum atomic E-state index is 12.5. The van der Waals surface area contributed by atoms with E-state index in [4.69, 9.17) is 9.26 Å². The highest BCUT2D eigenvalue weighted by molar-refractivity contribution is 5.98. The van der Waals surface area contributed by atoms with Crippen LogP contribution in [0.5, 0.6) is 6.08 Å². The predicted octanol–water partition coefficient (Wildman–Crippen LogP) is 3.86. The first kappa shape index (κ1) is 17.0. The van der Waals surface area contributed by atoms with Crippen molar-refractivity contribution in [2.45, 2.75) is 33.6 Å². The fourth-order valence-electron chi connectivity index (χ4n) is 2.74. The summed E-state index contributed by atoms with van der Waals surface area (Å²) in [6, 6.07) is 11.8. The molecule has 0 saturated carbocycles. The van der Waals surface area contributed by atoms with Crippen LogP contribution in [-0.4, -0.2) is 27.1 Å². The van der Waals surface area contributed by atoms with Gasteiger partial charge in [-0.05, 0) is 32.0 Å². The lowest BCUT2D eigenvalue weighted by Crippen LogP contribution is -2.13. The average molecular weight is 339 g/mol. The van der Waals surface area contributed by atoms with Gasteiger partial charge in [-0.2, -0.15) is 4.98 Å². The minimum absolute atomic E-state index is 0.0221. The maximum absolute atomic E-state index is 12.5. The molecular weight excluding hydrogens is 318 g/mol. The van der Waals surface area contributed by atoms with Gasteiger partial charge in [0.05, 0.1) is 0 Å². The third-order valence-corrected chi connectivity index (χ3v) is 4.01. The highest BCUT2D eigenvalue weighted by atomic mass is 16.6. The summed E-state index contributed by atoms with van der Waals surface area (Å²) in [6.07, 6.45) is 0.0221. The van der Waals surface area contributed by atoms with Crippen LogP contribution in [0.25, 0.3) is 5.69 Å². The monoisotopic (exact) mass is 339 g/mol. The lowest BCUT2D eigenvalue weighted by Gasteiger charge is -2.09. The zero-order valence-electron chi connectivity index (χ0n) is 14.8. The Labute approximate surface area is 146 Å². The van der Waals surface area contributed by atoms with Gasteiger partial charge in [0, 0.05) is 28.6 Å². The van der Waals surface area contributed by atoms with Gasteiger partial charge in [0.15, 0.2) is 12.4 Å². The number of aromatic nitrogens is 3. The molecule has 0 unspecified atom stereocenters. The fraction of sp³-hybridized carbons (Fsp3) is 0.316. The van der Waals surface area contributed by atoms with Gasteiger partial charge in [0.25, 0.3) is 0 Å². The van der Waals surface area contributed by atoms with Crippen molar-refractivity contribution in [1.29, 1.82) is 0 Å². The highest BCUT2D eigenvalue weighted by Crippen LogP contribution is 2.21. The first-order valence-electron chi connectivity index (χ1n) is 8.21. The Morgan fingerprint density at radius 3 is 2.60 bits per heavy atom. The predicted molar refractivity (Wildman–Crippen MR) is 93.5 cm³/mol. The van der Waals surface area contributed by atoms with E-state index in [1.807, 2.05) is 64.1 Å². The summed E-state index contributed by atoms with van der Waals surface area (Å²) in [6.45, 7) is 7.68. The number of para-hydroxylation sites is 1. The van der Waals surface area contributed by atoms with E-state index in [1.54, 1.807) is 0 Å². The number of carbonyl (C=O) groups is 1. The summed E-state index contributed by atoms with van der Waals surface area (Å²) in [5.41, 5.74) is 3.53. The molecule has 0 aliphatic heterocycles. The van der Waals surface area contributed by atoms with Gasteiger partial charge in [0.1, 0.15) is 0 Å². The van der Waals surface area contributed by atoms with Crippen molar-refractivity contribution < 1.29 is 14.1 Å². The molecule has 0 radical (unpaired) electrons. The number of nitrogens with zero attached hydrogens (tertiary/aromatic N) is 3. The topological polar surface area (TPSA) is 70.2 Å². The number of ketones is 1. The molecule has 6 heteroatoms. The van der Waals surface area contributed by atoms with Crippen LogP contribution in [0.15, 0.2) is 40.9 Å². The smallest absolute Gasteiger partial charge is 0.417 e. The minimum atomic E-state index is -0.140. The van der Waals surface area contributed by atoms with E-state index in [9.17, 15) is 4.79 Å². The van der Waals surface area contributed by atoms with Crippen LogP contribution >= 0.6 is 0 Å². The van der Waals surface area contributed by atoms with Gasteiger partial charge < -0.3 is 9.30 Å².